The molecule has 0 bridgehead atoms. The Labute approximate surface area is 110 Å². The molecular formula is C16H24N2. The molecule has 3 unspecified atom stereocenters. The van der Waals surface area contributed by atoms with Gasteiger partial charge in [-0.25, -0.2) is 0 Å². The largest absolute Gasteiger partial charge is 0.309 e. The van der Waals surface area contributed by atoms with Crippen molar-refractivity contribution in [1.29, 1.82) is 0 Å². The number of nitrogens with one attached hydrogen (secondary N) is 1. The second-order valence-electron chi connectivity index (χ2n) is 5.74. The third-order valence-electron chi connectivity index (χ3n) is 4.51. The minimum absolute atomic E-state index is 0.520. The van der Waals surface area contributed by atoms with Crippen molar-refractivity contribution in [3.05, 3.63) is 35.9 Å². The second-order valence-corrected chi connectivity index (χ2v) is 5.74. The highest BCUT2D eigenvalue weighted by Gasteiger charge is 2.40. The minimum atomic E-state index is 0.520. The van der Waals surface area contributed by atoms with E-state index in [0.29, 0.717) is 6.04 Å². The Bertz CT molecular complexity index is 376. The van der Waals surface area contributed by atoms with Crippen molar-refractivity contribution in [2.45, 2.75) is 38.3 Å². The Morgan fingerprint density at radius 1 is 1.28 bits per heavy atom. The average molecular weight is 244 g/mol. The first-order valence-electron chi connectivity index (χ1n) is 7.41. The summed E-state index contributed by atoms with van der Waals surface area (Å²) in [7, 11) is 0. The summed E-state index contributed by atoms with van der Waals surface area (Å²) in [5, 5.41) is 3.70. The maximum Gasteiger partial charge on any atom is 0.0449 e. The number of benzene rings is 1. The maximum atomic E-state index is 3.70. The standard InChI is InChI=1S/C16H24N2/c1-2-13-11-16(13)18-10-6-9-17-15(12-18)14-7-4-3-5-8-14/h3-5,7-8,13,15-17H,2,6,9-12H2,1H3. The Morgan fingerprint density at radius 2 is 2.11 bits per heavy atom. The summed E-state index contributed by atoms with van der Waals surface area (Å²) in [6.07, 6.45) is 4.07. The molecule has 1 N–H and O–H groups in total. The molecule has 1 aliphatic carbocycles. The highest BCUT2D eigenvalue weighted by atomic mass is 15.2. The predicted octanol–water partition coefficient (Wildman–Crippen LogP) is 2.82. The van der Waals surface area contributed by atoms with Gasteiger partial charge in [-0.2, -0.15) is 0 Å². The summed E-state index contributed by atoms with van der Waals surface area (Å²) in [5.74, 6) is 0.972. The van der Waals surface area contributed by atoms with Crippen LogP contribution in [0.2, 0.25) is 0 Å². The monoisotopic (exact) mass is 244 g/mol. The van der Waals surface area contributed by atoms with Crippen molar-refractivity contribution < 1.29 is 0 Å². The Kier molecular flexibility index (Phi) is 3.67. The number of rotatable bonds is 3. The van der Waals surface area contributed by atoms with E-state index in [-0.39, 0.29) is 0 Å². The first-order chi connectivity index (χ1) is 8.88. The van der Waals surface area contributed by atoms with Crippen LogP contribution in [0.3, 0.4) is 0 Å². The third-order valence-corrected chi connectivity index (χ3v) is 4.51. The van der Waals surface area contributed by atoms with Gasteiger partial charge in [0.15, 0.2) is 0 Å². The summed E-state index contributed by atoms with van der Waals surface area (Å²) in [6.45, 7) is 5.94. The highest BCUT2D eigenvalue weighted by molar-refractivity contribution is 5.19. The van der Waals surface area contributed by atoms with Gasteiger partial charge in [0.1, 0.15) is 0 Å². The molecule has 1 aromatic rings. The van der Waals surface area contributed by atoms with Crippen molar-refractivity contribution >= 4 is 0 Å². The lowest BCUT2D eigenvalue weighted by molar-refractivity contribution is 0.246. The van der Waals surface area contributed by atoms with Gasteiger partial charge in [0.2, 0.25) is 0 Å². The maximum absolute atomic E-state index is 3.70. The third kappa shape index (κ3) is 2.60. The molecule has 1 aliphatic heterocycles. The normalized spacial score (nSPS) is 33.1. The fourth-order valence-corrected chi connectivity index (χ4v) is 3.28. The van der Waals surface area contributed by atoms with Crippen LogP contribution in [-0.2, 0) is 0 Å². The molecule has 0 aromatic heterocycles. The van der Waals surface area contributed by atoms with Crippen molar-refractivity contribution in [1.82, 2.24) is 10.2 Å². The minimum Gasteiger partial charge on any atom is -0.309 e. The highest BCUT2D eigenvalue weighted by Crippen LogP contribution is 2.39. The zero-order valence-electron chi connectivity index (χ0n) is 11.3. The van der Waals surface area contributed by atoms with E-state index in [4.69, 9.17) is 0 Å². The quantitative estimate of drug-likeness (QED) is 0.879. The van der Waals surface area contributed by atoms with Crippen LogP contribution in [-0.4, -0.2) is 30.6 Å². The van der Waals surface area contributed by atoms with E-state index in [1.165, 1.54) is 37.9 Å². The van der Waals surface area contributed by atoms with Gasteiger partial charge in [-0.3, -0.25) is 4.90 Å². The number of hydrogen-bond donors (Lipinski definition) is 1. The second kappa shape index (κ2) is 5.41. The molecule has 98 valence electrons. The van der Waals surface area contributed by atoms with Gasteiger partial charge in [-0.05, 0) is 37.4 Å². The number of nitrogens with zero attached hydrogens (tertiary/aromatic N) is 1. The zero-order chi connectivity index (χ0) is 12.4. The van der Waals surface area contributed by atoms with E-state index < -0.39 is 0 Å². The Hall–Kier alpha value is -0.860. The van der Waals surface area contributed by atoms with Crippen LogP contribution in [0.15, 0.2) is 30.3 Å². The van der Waals surface area contributed by atoms with Gasteiger partial charge in [-0.1, -0.05) is 43.7 Å². The fraction of sp³-hybridized carbons (Fsp3) is 0.625. The molecular weight excluding hydrogens is 220 g/mol. The predicted molar refractivity (Wildman–Crippen MR) is 75.6 cm³/mol. The van der Waals surface area contributed by atoms with Crippen molar-refractivity contribution in [2.75, 3.05) is 19.6 Å². The van der Waals surface area contributed by atoms with Crippen LogP contribution in [0.25, 0.3) is 0 Å². The molecule has 3 atom stereocenters. The molecule has 1 saturated heterocycles. The van der Waals surface area contributed by atoms with Gasteiger partial charge in [-0.15, -0.1) is 0 Å². The molecule has 2 fully saturated rings. The molecule has 2 aliphatic rings. The summed E-state index contributed by atoms with van der Waals surface area (Å²) < 4.78 is 0. The van der Waals surface area contributed by atoms with Gasteiger partial charge >= 0.3 is 0 Å². The zero-order valence-corrected chi connectivity index (χ0v) is 11.3. The molecule has 1 aromatic carbocycles. The molecule has 2 heteroatoms. The van der Waals surface area contributed by atoms with Crippen LogP contribution in [0.1, 0.15) is 37.8 Å². The lowest BCUT2D eigenvalue weighted by Crippen LogP contribution is -2.33. The van der Waals surface area contributed by atoms with Crippen LogP contribution in [0, 0.1) is 5.92 Å². The van der Waals surface area contributed by atoms with Crippen LogP contribution in [0.5, 0.6) is 0 Å². The topological polar surface area (TPSA) is 15.3 Å². The van der Waals surface area contributed by atoms with E-state index in [0.717, 1.165) is 18.5 Å². The summed E-state index contributed by atoms with van der Waals surface area (Å²) >= 11 is 0. The molecule has 2 nitrogen and oxygen atoms in total. The van der Waals surface area contributed by atoms with E-state index in [9.17, 15) is 0 Å². The van der Waals surface area contributed by atoms with Gasteiger partial charge in [0.25, 0.3) is 0 Å². The van der Waals surface area contributed by atoms with E-state index >= 15 is 0 Å². The summed E-state index contributed by atoms with van der Waals surface area (Å²) in [4.78, 5) is 2.73. The average Bonchev–Trinajstić information content (AvgIpc) is 3.22. The number of hydrogen-bond acceptors (Lipinski definition) is 2. The van der Waals surface area contributed by atoms with Crippen molar-refractivity contribution in [3.63, 3.8) is 0 Å². The Morgan fingerprint density at radius 3 is 2.83 bits per heavy atom. The first kappa shape index (κ1) is 12.2. The van der Waals surface area contributed by atoms with Gasteiger partial charge in [0.05, 0.1) is 0 Å². The van der Waals surface area contributed by atoms with Crippen molar-refractivity contribution in [2.24, 2.45) is 5.92 Å². The van der Waals surface area contributed by atoms with Crippen molar-refractivity contribution in [3.8, 4) is 0 Å². The van der Waals surface area contributed by atoms with Gasteiger partial charge in [0, 0.05) is 18.6 Å². The molecule has 0 radical (unpaired) electrons. The smallest absolute Gasteiger partial charge is 0.0449 e. The summed E-state index contributed by atoms with van der Waals surface area (Å²) in [6, 6.07) is 12.3. The van der Waals surface area contributed by atoms with E-state index in [1.807, 2.05) is 0 Å². The van der Waals surface area contributed by atoms with Gasteiger partial charge < -0.3 is 5.32 Å². The molecule has 1 heterocycles. The molecule has 0 amide bonds. The van der Waals surface area contributed by atoms with Crippen LogP contribution in [0.4, 0.5) is 0 Å². The summed E-state index contributed by atoms with van der Waals surface area (Å²) in [5.41, 5.74) is 1.44. The SMILES string of the molecule is CCC1CC1N1CCCNC(c2ccccc2)C1. The van der Waals surface area contributed by atoms with Crippen LogP contribution >= 0.6 is 0 Å². The molecule has 3 rings (SSSR count). The van der Waals surface area contributed by atoms with Crippen LogP contribution < -0.4 is 5.32 Å². The fourth-order valence-electron chi connectivity index (χ4n) is 3.28. The lowest BCUT2D eigenvalue weighted by atomic mass is 10.1. The molecule has 1 saturated carbocycles. The van der Waals surface area contributed by atoms with E-state index in [2.05, 4.69) is 47.5 Å². The molecule has 18 heavy (non-hydrogen) atoms. The first-order valence-corrected chi connectivity index (χ1v) is 7.41. The Balaban J connectivity index is 1.68. The lowest BCUT2D eigenvalue weighted by Gasteiger charge is -2.25. The molecule has 0 spiro atoms. The van der Waals surface area contributed by atoms with E-state index in [1.54, 1.807) is 0 Å².